The van der Waals surface area contributed by atoms with Crippen LogP contribution in [0.4, 0.5) is 0 Å². The maximum atomic E-state index is 5.73. The Bertz CT molecular complexity index is 156. The quantitative estimate of drug-likeness (QED) is 0.481. The Morgan fingerprint density at radius 3 is 2.44 bits per heavy atom. The van der Waals surface area contributed by atoms with Crippen LogP contribution in [-0.2, 0) is 0 Å². The zero-order chi connectivity index (χ0) is 5.98. The van der Waals surface area contributed by atoms with Crippen molar-refractivity contribution in [1.82, 2.24) is 0 Å². The molecule has 1 aliphatic carbocycles. The number of allylic oxidation sites excluding steroid dienone is 5. The lowest BCUT2D eigenvalue weighted by Gasteiger charge is -2.04. The summed E-state index contributed by atoms with van der Waals surface area (Å²) in [6.07, 6.45) is 7.68. The van der Waals surface area contributed by atoms with E-state index in [2.05, 4.69) is 6.58 Å². The minimum atomic E-state index is 0. The molecule has 0 N–H and O–H groups in total. The van der Waals surface area contributed by atoms with Crippen molar-refractivity contribution in [3.8, 4) is 0 Å². The van der Waals surface area contributed by atoms with E-state index in [9.17, 15) is 0 Å². The molecule has 0 nitrogen and oxygen atoms in total. The van der Waals surface area contributed by atoms with Crippen LogP contribution in [0.3, 0.4) is 0 Å². The van der Waals surface area contributed by atoms with Gasteiger partial charge >= 0.3 is 0 Å². The van der Waals surface area contributed by atoms with E-state index >= 15 is 0 Å². The minimum Gasteiger partial charge on any atom is -0.147 e. The van der Waals surface area contributed by atoms with Crippen molar-refractivity contribution >= 4 is 24.0 Å². The molecule has 0 heterocycles. The van der Waals surface area contributed by atoms with Gasteiger partial charge in [-0.05, 0) is 5.57 Å². The van der Waals surface area contributed by atoms with E-state index in [-0.39, 0.29) is 17.8 Å². The van der Waals surface area contributed by atoms with Crippen LogP contribution in [0, 0.1) is 0 Å². The number of hydrogen-bond acceptors (Lipinski definition) is 0. The first kappa shape index (κ1) is 8.80. The van der Waals surface area contributed by atoms with Gasteiger partial charge in [0.25, 0.3) is 0 Å². The monoisotopic (exact) mass is 162 g/mol. The molecule has 2 heteroatoms. The van der Waals surface area contributed by atoms with E-state index in [1.807, 2.05) is 24.3 Å². The van der Waals surface area contributed by atoms with E-state index in [4.69, 9.17) is 11.6 Å². The van der Waals surface area contributed by atoms with Gasteiger partial charge in [-0.15, -0.1) is 24.0 Å². The van der Waals surface area contributed by atoms with Gasteiger partial charge in [-0.3, -0.25) is 0 Å². The molecule has 0 fully saturated rings. The van der Waals surface area contributed by atoms with Crippen LogP contribution in [0.5, 0.6) is 0 Å². The van der Waals surface area contributed by atoms with Crippen LogP contribution in [-0.4, -0.2) is 5.38 Å². The Morgan fingerprint density at radius 1 is 1.44 bits per heavy atom. The molecule has 0 aromatic rings. The van der Waals surface area contributed by atoms with Gasteiger partial charge in [0.2, 0.25) is 0 Å². The molecule has 50 valence electrons. The number of rotatable bonds is 0. The summed E-state index contributed by atoms with van der Waals surface area (Å²) in [6, 6.07) is 0. The third-order valence-electron chi connectivity index (χ3n) is 1.06. The van der Waals surface area contributed by atoms with Crippen LogP contribution >= 0.6 is 24.0 Å². The topological polar surface area (TPSA) is 0 Å². The number of alkyl halides is 1. The second-order valence-corrected chi connectivity index (χ2v) is 2.19. The fourth-order valence-corrected chi connectivity index (χ4v) is 0.713. The fraction of sp³-hybridized carbons (Fsp3) is 0.143. The van der Waals surface area contributed by atoms with Gasteiger partial charge in [-0.2, -0.15) is 0 Å². The van der Waals surface area contributed by atoms with E-state index in [0.717, 1.165) is 5.57 Å². The average molecular weight is 163 g/mol. The van der Waals surface area contributed by atoms with Crippen molar-refractivity contribution in [1.29, 1.82) is 0 Å². The molecule has 1 rings (SSSR count). The van der Waals surface area contributed by atoms with Gasteiger partial charge in [0.05, 0.1) is 5.38 Å². The van der Waals surface area contributed by atoms with Crippen LogP contribution < -0.4 is 0 Å². The molecular weight excluding hydrogens is 155 g/mol. The number of halogens is 2. The van der Waals surface area contributed by atoms with Crippen LogP contribution in [0.1, 0.15) is 0 Å². The highest BCUT2D eigenvalue weighted by Gasteiger charge is 2.02. The van der Waals surface area contributed by atoms with Gasteiger partial charge in [0, 0.05) is 0 Å². The molecule has 9 heavy (non-hydrogen) atoms. The van der Waals surface area contributed by atoms with Gasteiger partial charge in [0.15, 0.2) is 0 Å². The summed E-state index contributed by atoms with van der Waals surface area (Å²) in [5, 5.41) is 0.0139. The normalized spacial score (nSPS) is 23.7. The van der Waals surface area contributed by atoms with Gasteiger partial charge < -0.3 is 0 Å². The van der Waals surface area contributed by atoms with E-state index < -0.39 is 0 Å². The molecule has 1 atom stereocenters. The Kier molecular flexibility index (Phi) is 3.67. The first-order valence-electron chi connectivity index (χ1n) is 2.48. The molecule has 0 bridgehead atoms. The summed E-state index contributed by atoms with van der Waals surface area (Å²) in [5.41, 5.74) is 0.967. The summed E-state index contributed by atoms with van der Waals surface area (Å²) in [5.74, 6) is 0. The molecule has 0 radical (unpaired) electrons. The summed E-state index contributed by atoms with van der Waals surface area (Å²) in [6.45, 7) is 3.73. The molecule has 1 aliphatic rings. The molecule has 0 aromatic carbocycles. The minimum absolute atomic E-state index is 0. The Balaban J connectivity index is 0.000000640. The maximum absolute atomic E-state index is 5.73. The first-order chi connectivity index (χ1) is 3.80. The zero-order valence-electron chi connectivity index (χ0n) is 4.88. The molecular formula is C7H8Cl2. The van der Waals surface area contributed by atoms with E-state index in [0.29, 0.717) is 0 Å². The lowest BCUT2D eigenvalue weighted by Crippen LogP contribution is -1.96. The van der Waals surface area contributed by atoms with E-state index in [1.165, 1.54) is 0 Å². The molecule has 0 aromatic heterocycles. The standard InChI is InChI=1S/C7H7Cl.ClH/c1-6-4-2-3-5-7(6)8;/h2-5,7H,1H2;1H. The van der Waals surface area contributed by atoms with Crippen molar-refractivity contribution in [2.75, 3.05) is 0 Å². The predicted octanol–water partition coefficient (Wildman–Crippen LogP) is 2.70. The lowest BCUT2D eigenvalue weighted by atomic mass is 10.1. The predicted molar refractivity (Wildman–Crippen MR) is 44.3 cm³/mol. The smallest absolute Gasteiger partial charge is 0.0763 e. The SMILES string of the molecule is C=C1C=CC=CC1Cl.Cl. The Labute approximate surface area is 66.3 Å². The highest BCUT2D eigenvalue weighted by Crippen LogP contribution is 2.14. The third kappa shape index (κ3) is 2.25. The van der Waals surface area contributed by atoms with Gasteiger partial charge in [0.1, 0.15) is 0 Å². The molecule has 0 aliphatic heterocycles. The summed E-state index contributed by atoms with van der Waals surface area (Å²) < 4.78 is 0. The maximum Gasteiger partial charge on any atom is 0.0763 e. The van der Waals surface area contributed by atoms with Crippen molar-refractivity contribution in [2.45, 2.75) is 5.38 Å². The molecule has 1 unspecified atom stereocenters. The first-order valence-corrected chi connectivity index (χ1v) is 2.92. The summed E-state index contributed by atoms with van der Waals surface area (Å²) in [7, 11) is 0. The fourth-order valence-electron chi connectivity index (χ4n) is 0.556. The Morgan fingerprint density at radius 2 is 2.11 bits per heavy atom. The van der Waals surface area contributed by atoms with Crippen LogP contribution in [0.15, 0.2) is 36.5 Å². The second-order valence-electron chi connectivity index (χ2n) is 1.72. The second kappa shape index (κ2) is 3.76. The molecule has 0 saturated heterocycles. The summed E-state index contributed by atoms with van der Waals surface area (Å²) >= 11 is 5.73. The molecule has 0 saturated carbocycles. The van der Waals surface area contributed by atoms with Crippen LogP contribution in [0.2, 0.25) is 0 Å². The highest BCUT2D eigenvalue weighted by molar-refractivity contribution is 6.24. The largest absolute Gasteiger partial charge is 0.147 e. The zero-order valence-corrected chi connectivity index (χ0v) is 6.45. The number of hydrogen-bond donors (Lipinski definition) is 0. The van der Waals surface area contributed by atoms with E-state index in [1.54, 1.807) is 0 Å². The highest BCUT2D eigenvalue weighted by atomic mass is 35.5. The average Bonchev–Trinajstić information content (AvgIpc) is 1.77. The van der Waals surface area contributed by atoms with Crippen molar-refractivity contribution in [3.05, 3.63) is 36.5 Å². The van der Waals surface area contributed by atoms with Crippen molar-refractivity contribution in [2.24, 2.45) is 0 Å². The third-order valence-corrected chi connectivity index (χ3v) is 1.48. The lowest BCUT2D eigenvalue weighted by molar-refractivity contribution is 1.28. The van der Waals surface area contributed by atoms with Crippen LogP contribution in [0.25, 0.3) is 0 Å². The Hall–Kier alpha value is -0.200. The summed E-state index contributed by atoms with van der Waals surface area (Å²) in [4.78, 5) is 0. The van der Waals surface area contributed by atoms with Gasteiger partial charge in [-0.25, -0.2) is 0 Å². The van der Waals surface area contributed by atoms with Crippen molar-refractivity contribution < 1.29 is 0 Å². The molecule has 0 spiro atoms. The van der Waals surface area contributed by atoms with Gasteiger partial charge in [-0.1, -0.05) is 30.9 Å². The van der Waals surface area contributed by atoms with Crippen molar-refractivity contribution in [3.63, 3.8) is 0 Å². The molecule has 0 amide bonds.